The minimum Gasteiger partial charge on any atom is -0.468 e. The number of methoxy groups -OCH3 is 1. The predicted octanol–water partition coefficient (Wildman–Crippen LogP) is -0.0588. The number of carbonyl (C=O) groups excluding carboxylic acids is 1. The van der Waals surface area contributed by atoms with Crippen molar-refractivity contribution in [2.75, 3.05) is 17.6 Å². The van der Waals surface area contributed by atoms with Crippen LogP contribution in [-0.4, -0.2) is 37.4 Å². The number of nitrogens with zero attached hydrogens (tertiary/aromatic N) is 1. The maximum Gasteiger partial charge on any atom is 0.322 e. The molecule has 1 aromatic heterocycles. The minimum atomic E-state index is -3.76. The van der Waals surface area contributed by atoms with E-state index in [1.165, 1.54) is 0 Å². The number of hydrogen-bond donors (Lipinski definition) is 2. The Bertz CT molecular complexity index is 491. The average Bonchev–Trinajstić information content (AvgIpc) is 2.48. The third kappa shape index (κ3) is 2.96. The number of hydrogen-bond acceptors (Lipinski definition) is 5. The van der Waals surface area contributed by atoms with Gasteiger partial charge in [-0.15, -0.1) is 0 Å². The highest BCUT2D eigenvalue weighted by molar-refractivity contribution is 7.93. The van der Waals surface area contributed by atoms with Gasteiger partial charge >= 0.3 is 5.97 Å². The summed E-state index contributed by atoms with van der Waals surface area (Å²) in [6.45, 7) is 3.48. The minimum absolute atomic E-state index is 0.196. The van der Waals surface area contributed by atoms with Gasteiger partial charge in [0.15, 0.2) is 11.6 Å². The van der Waals surface area contributed by atoms with Gasteiger partial charge in [0.05, 0.1) is 7.11 Å². The van der Waals surface area contributed by atoms with E-state index in [0.29, 0.717) is 5.56 Å². The van der Waals surface area contributed by atoms with Crippen molar-refractivity contribution >= 4 is 21.8 Å². The number of aromatic nitrogens is 2. The molecular weight excluding hydrogens is 234 g/mol. The molecule has 1 aromatic rings. The summed E-state index contributed by atoms with van der Waals surface area (Å²) in [7, 11) is -2.64. The van der Waals surface area contributed by atoms with Crippen LogP contribution in [0.1, 0.15) is 11.3 Å². The summed E-state index contributed by atoms with van der Waals surface area (Å²) in [5, 5.41) is 6.40. The van der Waals surface area contributed by atoms with E-state index in [4.69, 9.17) is 0 Å². The lowest BCUT2D eigenvalue weighted by molar-refractivity contribution is -0.137. The molecule has 0 spiro atoms. The molecule has 0 bridgehead atoms. The lowest BCUT2D eigenvalue weighted by atomic mass is 10.3. The molecule has 0 saturated carbocycles. The highest BCUT2D eigenvalue weighted by Crippen LogP contribution is 2.15. The van der Waals surface area contributed by atoms with Gasteiger partial charge in [-0.05, 0) is 13.8 Å². The number of anilines is 1. The zero-order valence-corrected chi connectivity index (χ0v) is 10.0. The van der Waals surface area contributed by atoms with E-state index in [9.17, 15) is 13.2 Å². The van der Waals surface area contributed by atoms with E-state index in [1.807, 2.05) is 0 Å². The Morgan fingerprint density at radius 1 is 1.50 bits per heavy atom. The molecule has 0 fully saturated rings. The quantitative estimate of drug-likeness (QED) is 0.726. The molecule has 0 atom stereocenters. The number of esters is 1. The number of ether oxygens (including phenoxy) is 1. The molecule has 0 amide bonds. The van der Waals surface area contributed by atoms with Crippen LogP contribution in [0, 0.1) is 13.8 Å². The van der Waals surface area contributed by atoms with Crippen LogP contribution >= 0.6 is 0 Å². The molecule has 0 aliphatic carbocycles. The Morgan fingerprint density at radius 2 is 2.12 bits per heavy atom. The molecule has 1 rings (SSSR count). The summed E-state index contributed by atoms with van der Waals surface area (Å²) in [4.78, 5) is 10.8. The third-order valence-corrected chi connectivity index (χ3v) is 3.16. The normalized spacial score (nSPS) is 11.2. The Labute approximate surface area is 93.2 Å². The summed E-state index contributed by atoms with van der Waals surface area (Å²) >= 11 is 0. The van der Waals surface area contributed by atoms with Gasteiger partial charge in [0.1, 0.15) is 0 Å². The second-order valence-electron chi connectivity index (χ2n) is 3.26. The first-order valence-electron chi connectivity index (χ1n) is 4.44. The molecule has 90 valence electrons. The lowest BCUT2D eigenvalue weighted by Gasteiger charge is -2.04. The van der Waals surface area contributed by atoms with Gasteiger partial charge < -0.3 is 4.74 Å². The van der Waals surface area contributed by atoms with E-state index in [-0.39, 0.29) is 5.82 Å². The van der Waals surface area contributed by atoms with Crippen LogP contribution < -0.4 is 4.72 Å². The first-order chi connectivity index (χ1) is 7.35. The van der Waals surface area contributed by atoms with Crippen molar-refractivity contribution in [3.8, 4) is 0 Å². The van der Waals surface area contributed by atoms with Crippen molar-refractivity contribution < 1.29 is 17.9 Å². The number of sulfonamides is 1. The first-order valence-corrected chi connectivity index (χ1v) is 6.10. The number of H-pyrrole nitrogens is 1. The fourth-order valence-electron chi connectivity index (χ4n) is 0.982. The molecular formula is C8H13N3O4S. The number of aryl methyl sites for hydroxylation is 1. The highest BCUT2D eigenvalue weighted by Gasteiger charge is 2.19. The fraction of sp³-hybridized carbons (Fsp3) is 0.500. The molecule has 0 radical (unpaired) electrons. The van der Waals surface area contributed by atoms with E-state index in [2.05, 4.69) is 19.7 Å². The molecule has 1 heterocycles. The molecule has 7 nitrogen and oxygen atoms in total. The molecule has 0 unspecified atom stereocenters. The number of rotatable bonds is 4. The summed E-state index contributed by atoms with van der Waals surface area (Å²) in [5.74, 6) is -1.35. The third-order valence-electron chi connectivity index (χ3n) is 2.04. The van der Waals surface area contributed by atoms with Gasteiger partial charge in [0, 0.05) is 11.3 Å². The van der Waals surface area contributed by atoms with Gasteiger partial charge in [-0.1, -0.05) is 0 Å². The molecule has 0 aromatic carbocycles. The predicted molar refractivity (Wildman–Crippen MR) is 57.5 cm³/mol. The molecule has 2 N–H and O–H groups in total. The first kappa shape index (κ1) is 12.5. The smallest absolute Gasteiger partial charge is 0.322 e. The SMILES string of the molecule is COC(=O)CS(=O)(=O)Nc1n[nH]c(C)c1C. The van der Waals surface area contributed by atoms with Crippen molar-refractivity contribution in [1.29, 1.82) is 0 Å². The molecule has 0 saturated heterocycles. The van der Waals surface area contributed by atoms with Gasteiger partial charge in [-0.3, -0.25) is 14.6 Å². The molecule has 16 heavy (non-hydrogen) atoms. The van der Waals surface area contributed by atoms with Crippen LogP contribution in [0.4, 0.5) is 5.82 Å². The Kier molecular flexibility index (Phi) is 3.53. The van der Waals surface area contributed by atoms with Crippen LogP contribution in [0.2, 0.25) is 0 Å². The van der Waals surface area contributed by atoms with Gasteiger partial charge in [0.2, 0.25) is 10.0 Å². The maximum absolute atomic E-state index is 11.5. The number of aromatic amines is 1. The van der Waals surface area contributed by atoms with E-state index >= 15 is 0 Å². The number of carbonyl (C=O) groups is 1. The van der Waals surface area contributed by atoms with Crippen molar-refractivity contribution in [2.45, 2.75) is 13.8 Å². The fourth-order valence-corrected chi connectivity index (χ4v) is 1.98. The van der Waals surface area contributed by atoms with Gasteiger partial charge in [0.25, 0.3) is 0 Å². The Morgan fingerprint density at radius 3 is 2.56 bits per heavy atom. The summed E-state index contributed by atoms with van der Waals surface area (Å²) in [5.41, 5.74) is 1.45. The maximum atomic E-state index is 11.5. The van der Waals surface area contributed by atoms with Crippen molar-refractivity contribution in [2.24, 2.45) is 0 Å². The zero-order chi connectivity index (χ0) is 12.3. The van der Waals surface area contributed by atoms with Crippen LogP contribution in [-0.2, 0) is 19.6 Å². The van der Waals surface area contributed by atoms with Gasteiger partial charge in [-0.2, -0.15) is 5.10 Å². The highest BCUT2D eigenvalue weighted by atomic mass is 32.2. The van der Waals surface area contributed by atoms with Crippen molar-refractivity contribution in [1.82, 2.24) is 10.2 Å². The summed E-state index contributed by atoms with van der Waals surface area (Å²) < 4.78 is 29.4. The number of nitrogens with one attached hydrogen (secondary N) is 2. The average molecular weight is 247 g/mol. The standard InChI is InChI=1S/C8H13N3O4S/c1-5-6(2)9-10-8(5)11-16(13,14)4-7(12)15-3/h4H2,1-3H3,(H2,9,10,11). The van der Waals surface area contributed by atoms with Crippen LogP contribution in [0.25, 0.3) is 0 Å². The Hall–Kier alpha value is -1.57. The zero-order valence-electron chi connectivity index (χ0n) is 9.20. The van der Waals surface area contributed by atoms with E-state index in [1.54, 1.807) is 13.8 Å². The molecule has 8 heteroatoms. The summed E-state index contributed by atoms with van der Waals surface area (Å²) in [6, 6.07) is 0. The van der Waals surface area contributed by atoms with Gasteiger partial charge in [-0.25, -0.2) is 8.42 Å². The second-order valence-corrected chi connectivity index (χ2v) is 4.98. The van der Waals surface area contributed by atoms with E-state index < -0.39 is 21.7 Å². The molecule has 0 aliphatic rings. The Balaban J connectivity index is 2.81. The van der Waals surface area contributed by atoms with Crippen molar-refractivity contribution in [3.63, 3.8) is 0 Å². The van der Waals surface area contributed by atoms with Crippen LogP contribution in [0.15, 0.2) is 0 Å². The summed E-state index contributed by atoms with van der Waals surface area (Å²) in [6.07, 6.45) is 0. The monoisotopic (exact) mass is 247 g/mol. The van der Waals surface area contributed by atoms with Crippen molar-refractivity contribution in [3.05, 3.63) is 11.3 Å². The topological polar surface area (TPSA) is 101 Å². The largest absolute Gasteiger partial charge is 0.468 e. The molecule has 0 aliphatic heterocycles. The van der Waals surface area contributed by atoms with E-state index in [0.717, 1.165) is 12.8 Å². The lowest BCUT2D eigenvalue weighted by Crippen LogP contribution is -2.24. The second kappa shape index (κ2) is 4.52. The van der Waals surface area contributed by atoms with Crippen LogP contribution in [0.3, 0.4) is 0 Å². The van der Waals surface area contributed by atoms with Crippen LogP contribution in [0.5, 0.6) is 0 Å².